The minimum Gasteiger partial charge on any atom is -0.478 e. The summed E-state index contributed by atoms with van der Waals surface area (Å²) in [5, 5.41) is 15.7. The van der Waals surface area contributed by atoms with Crippen LogP contribution in [0.3, 0.4) is 0 Å². The maximum absolute atomic E-state index is 13.0. The second kappa shape index (κ2) is 7.93. The lowest BCUT2D eigenvalue weighted by atomic mass is 10.0. The maximum Gasteiger partial charge on any atom is 0.417 e. The lowest BCUT2D eigenvalue weighted by molar-refractivity contribution is -0.137. The Balaban J connectivity index is 1.77. The number of hydrogen-bond donors (Lipinski definition) is 2. The third-order valence-electron chi connectivity index (χ3n) is 4.60. The number of carboxylic acid groups (broad SMARTS) is 1. The van der Waals surface area contributed by atoms with E-state index in [-0.39, 0.29) is 11.7 Å². The molecule has 5 nitrogen and oxygen atoms in total. The standard InChI is InChI=1S/C21H16F3N3O2S2/c1-10(2)16-17(14-9-30-15-6-4-3-5-12(14)15)31-20(26-16)27-18-13(19(28)29)7-11(8-25-18)21(22,23)24/h3-10H,1-2H3,(H,28,29)(H,25,26,27). The molecule has 0 amide bonds. The SMILES string of the molecule is CC(C)c1nc(Nc2ncc(C(F)(F)F)cc2C(=O)O)sc1-c1csc2ccccc12. The van der Waals surface area contributed by atoms with Gasteiger partial charge in [0.15, 0.2) is 5.13 Å². The average molecular weight is 464 g/mol. The van der Waals surface area contributed by atoms with E-state index in [9.17, 15) is 23.1 Å². The van der Waals surface area contributed by atoms with Crippen LogP contribution in [0.5, 0.6) is 0 Å². The van der Waals surface area contributed by atoms with Crippen LogP contribution in [0.4, 0.5) is 24.1 Å². The number of carbonyl (C=O) groups is 1. The molecule has 0 atom stereocenters. The monoisotopic (exact) mass is 463 g/mol. The van der Waals surface area contributed by atoms with Crippen LogP contribution < -0.4 is 5.32 Å². The van der Waals surface area contributed by atoms with Gasteiger partial charge in [-0.25, -0.2) is 14.8 Å². The number of pyridine rings is 1. The van der Waals surface area contributed by atoms with Gasteiger partial charge in [0.25, 0.3) is 0 Å². The quantitative estimate of drug-likeness (QED) is 0.333. The fraction of sp³-hybridized carbons (Fsp3) is 0.190. The van der Waals surface area contributed by atoms with Crippen LogP contribution in [0.15, 0.2) is 41.9 Å². The highest BCUT2D eigenvalue weighted by Gasteiger charge is 2.33. The molecule has 4 aromatic rings. The molecule has 31 heavy (non-hydrogen) atoms. The van der Waals surface area contributed by atoms with Crippen molar-refractivity contribution in [2.24, 2.45) is 0 Å². The van der Waals surface area contributed by atoms with Gasteiger partial charge in [0.2, 0.25) is 0 Å². The molecule has 160 valence electrons. The third kappa shape index (κ3) is 4.13. The van der Waals surface area contributed by atoms with Gasteiger partial charge in [-0.1, -0.05) is 43.4 Å². The Labute approximate surface area is 183 Å². The van der Waals surface area contributed by atoms with Gasteiger partial charge in [0, 0.05) is 27.2 Å². The summed E-state index contributed by atoms with van der Waals surface area (Å²) in [6.07, 6.45) is -4.08. The summed E-state index contributed by atoms with van der Waals surface area (Å²) in [6.45, 7) is 3.99. The zero-order valence-corrected chi connectivity index (χ0v) is 18.0. The largest absolute Gasteiger partial charge is 0.478 e. The molecule has 0 spiro atoms. The highest BCUT2D eigenvalue weighted by molar-refractivity contribution is 7.21. The van der Waals surface area contributed by atoms with E-state index >= 15 is 0 Å². The van der Waals surface area contributed by atoms with E-state index in [0.29, 0.717) is 17.4 Å². The Bertz CT molecular complexity index is 1280. The number of alkyl halides is 3. The molecule has 1 aromatic carbocycles. The molecule has 0 saturated heterocycles. The number of hydrogen-bond acceptors (Lipinski definition) is 6. The zero-order chi connectivity index (χ0) is 22.3. The first-order valence-corrected chi connectivity index (χ1v) is 10.9. The molecule has 3 heterocycles. The van der Waals surface area contributed by atoms with Crippen molar-refractivity contribution in [2.75, 3.05) is 5.32 Å². The highest BCUT2D eigenvalue weighted by Crippen LogP contribution is 2.43. The van der Waals surface area contributed by atoms with Crippen LogP contribution in [0.2, 0.25) is 0 Å². The molecule has 0 aliphatic rings. The van der Waals surface area contributed by atoms with Gasteiger partial charge in [-0.3, -0.25) is 0 Å². The number of rotatable bonds is 5. The lowest BCUT2D eigenvalue weighted by Crippen LogP contribution is -2.11. The van der Waals surface area contributed by atoms with Crippen molar-refractivity contribution in [2.45, 2.75) is 25.9 Å². The zero-order valence-electron chi connectivity index (χ0n) is 16.3. The number of benzene rings is 1. The number of thiazole rings is 1. The second-order valence-electron chi connectivity index (χ2n) is 7.08. The van der Waals surface area contributed by atoms with E-state index < -0.39 is 23.3 Å². The van der Waals surface area contributed by atoms with Gasteiger partial charge in [-0.05, 0) is 18.1 Å². The van der Waals surface area contributed by atoms with Crippen molar-refractivity contribution in [1.29, 1.82) is 0 Å². The first-order chi connectivity index (χ1) is 14.6. The molecule has 4 rings (SSSR count). The molecule has 0 unspecified atom stereocenters. The Hall–Kier alpha value is -2.98. The number of thiophene rings is 1. The number of halogens is 3. The van der Waals surface area contributed by atoms with Gasteiger partial charge < -0.3 is 10.4 Å². The number of fused-ring (bicyclic) bond motifs is 1. The fourth-order valence-corrected chi connectivity index (χ4v) is 5.28. The minimum absolute atomic E-state index is 0.0833. The number of carboxylic acids is 1. The van der Waals surface area contributed by atoms with Crippen LogP contribution in [-0.4, -0.2) is 21.0 Å². The Kier molecular flexibility index (Phi) is 5.44. The van der Waals surface area contributed by atoms with Crippen LogP contribution in [0, 0.1) is 0 Å². The minimum atomic E-state index is -4.69. The molecule has 0 bridgehead atoms. The van der Waals surface area contributed by atoms with E-state index in [2.05, 4.69) is 15.3 Å². The molecule has 0 aliphatic carbocycles. The van der Waals surface area contributed by atoms with Crippen molar-refractivity contribution in [3.63, 3.8) is 0 Å². The molecule has 0 radical (unpaired) electrons. The summed E-state index contributed by atoms with van der Waals surface area (Å²) >= 11 is 2.93. The summed E-state index contributed by atoms with van der Waals surface area (Å²) in [5.41, 5.74) is 0.148. The van der Waals surface area contributed by atoms with E-state index in [4.69, 9.17) is 0 Å². The molecular formula is C21H16F3N3O2S2. The predicted octanol–water partition coefficient (Wildman–Crippen LogP) is 7.00. The van der Waals surface area contributed by atoms with Crippen molar-refractivity contribution in [1.82, 2.24) is 9.97 Å². The molecule has 3 aromatic heterocycles. The Morgan fingerprint density at radius 3 is 2.65 bits per heavy atom. The van der Waals surface area contributed by atoms with E-state index in [1.54, 1.807) is 11.3 Å². The highest BCUT2D eigenvalue weighted by atomic mass is 32.1. The van der Waals surface area contributed by atoms with Gasteiger partial charge >= 0.3 is 12.1 Å². The summed E-state index contributed by atoms with van der Waals surface area (Å²) in [6, 6.07) is 8.55. The van der Waals surface area contributed by atoms with Crippen molar-refractivity contribution < 1.29 is 23.1 Å². The van der Waals surface area contributed by atoms with Crippen LogP contribution in [0.1, 0.15) is 41.4 Å². The van der Waals surface area contributed by atoms with Gasteiger partial charge in [0.1, 0.15) is 11.4 Å². The summed E-state index contributed by atoms with van der Waals surface area (Å²) in [4.78, 5) is 20.8. The Morgan fingerprint density at radius 1 is 1.23 bits per heavy atom. The smallest absolute Gasteiger partial charge is 0.417 e. The van der Waals surface area contributed by atoms with Crippen molar-refractivity contribution in [3.8, 4) is 10.4 Å². The summed E-state index contributed by atoms with van der Waals surface area (Å²) < 4.78 is 40.0. The van der Waals surface area contributed by atoms with E-state index in [1.165, 1.54) is 11.3 Å². The molecule has 0 aliphatic heterocycles. The van der Waals surface area contributed by atoms with Gasteiger partial charge in [0.05, 0.1) is 16.1 Å². The van der Waals surface area contributed by atoms with Gasteiger partial charge in [-0.2, -0.15) is 13.2 Å². The van der Waals surface area contributed by atoms with Crippen molar-refractivity contribution in [3.05, 3.63) is 58.7 Å². The average Bonchev–Trinajstić information content (AvgIpc) is 3.31. The van der Waals surface area contributed by atoms with Crippen LogP contribution in [0.25, 0.3) is 20.5 Å². The number of nitrogens with one attached hydrogen (secondary N) is 1. The second-order valence-corrected chi connectivity index (χ2v) is 8.99. The van der Waals surface area contributed by atoms with E-state index in [1.807, 2.05) is 43.5 Å². The fourth-order valence-electron chi connectivity index (χ4n) is 3.11. The van der Waals surface area contributed by atoms with Crippen molar-refractivity contribution >= 4 is 49.7 Å². The van der Waals surface area contributed by atoms with E-state index in [0.717, 1.165) is 26.2 Å². The van der Waals surface area contributed by atoms with Crippen LogP contribution in [-0.2, 0) is 6.18 Å². The topological polar surface area (TPSA) is 75.1 Å². The molecule has 0 fully saturated rings. The summed E-state index contributed by atoms with van der Waals surface area (Å²) in [7, 11) is 0. The predicted molar refractivity (Wildman–Crippen MR) is 117 cm³/mol. The third-order valence-corrected chi connectivity index (χ3v) is 6.58. The molecular weight excluding hydrogens is 447 g/mol. The number of aromatic nitrogens is 2. The normalized spacial score (nSPS) is 11.9. The molecule has 10 heteroatoms. The molecule has 2 N–H and O–H groups in total. The molecule has 0 saturated carbocycles. The number of anilines is 2. The first kappa shape index (κ1) is 21.3. The maximum atomic E-state index is 13.0. The Morgan fingerprint density at radius 2 is 1.97 bits per heavy atom. The number of nitrogens with zero attached hydrogens (tertiary/aromatic N) is 2. The van der Waals surface area contributed by atoms with Gasteiger partial charge in [-0.15, -0.1) is 11.3 Å². The van der Waals surface area contributed by atoms with Crippen LogP contribution >= 0.6 is 22.7 Å². The summed E-state index contributed by atoms with van der Waals surface area (Å²) in [5.74, 6) is -1.61. The number of aromatic carboxylic acids is 1. The lowest BCUT2D eigenvalue weighted by Gasteiger charge is -2.10. The first-order valence-electron chi connectivity index (χ1n) is 9.20.